The second-order valence-corrected chi connectivity index (χ2v) is 10.6. The van der Waals surface area contributed by atoms with Crippen LogP contribution in [0.1, 0.15) is 20.8 Å². The lowest BCUT2D eigenvalue weighted by molar-refractivity contribution is 0.509. The van der Waals surface area contributed by atoms with E-state index in [1.807, 2.05) is 30.9 Å². The second kappa shape index (κ2) is 8.42. The van der Waals surface area contributed by atoms with Gasteiger partial charge in [0.25, 0.3) is 0 Å². The Morgan fingerprint density at radius 2 is 1.81 bits per heavy atom. The van der Waals surface area contributed by atoms with Crippen molar-refractivity contribution in [3.8, 4) is 33.8 Å². The highest BCUT2D eigenvalue weighted by molar-refractivity contribution is 7.08. The van der Waals surface area contributed by atoms with Crippen LogP contribution in [0.5, 0.6) is 0 Å². The minimum absolute atomic E-state index is 0.0583. The molecule has 0 radical (unpaired) electrons. The minimum atomic E-state index is -0.0583. The van der Waals surface area contributed by atoms with E-state index >= 15 is 0 Å². The molecule has 0 atom stereocenters. The van der Waals surface area contributed by atoms with Crippen molar-refractivity contribution in [1.82, 2.24) is 30.1 Å². The van der Waals surface area contributed by atoms with Crippen molar-refractivity contribution < 1.29 is 0 Å². The monoisotopic (exact) mass is 491 g/mol. The number of nitrogens with one attached hydrogen (secondary N) is 3. The normalized spacial score (nSPS) is 11.9. The van der Waals surface area contributed by atoms with Crippen LogP contribution < -0.4 is 5.32 Å². The Kier molecular flexibility index (Phi) is 5.19. The van der Waals surface area contributed by atoms with Crippen LogP contribution in [0.25, 0.3) is 55.6 Å². The Morgan fingerprint density at radius 3 is 2.61 bits per heavy atom. The average molecular weight is 492 g/mol. The van der Waals surface area contributed by atoms with Crippen molar-refractivity contribution in [1.29, 1.82) is 0 Å². The van der Waals surface area contributed by atoms with Crippen molar-refractivity contribution in [2.45, 2.75) is 20.8 Å². The lowest BCUT2D eigenvalue weighted by Crippen LogP contribution is -2.15. The zero-order valence-corrected chi connectivity index (χ0v) is 21.1. The summed E-state index contributed by atoms with van der Waals surface area (Å²) in [6.07, 6.45) is 9.20. The van der Waals surface area contributed by atoms with Gasteiger partial charge in [-0.25, -0.2) is 0 Å². The molecule has 8 heteroatoms. The first-order chi connectivity index (χ1) is 17.4. The molecule has 0 aliphatic heterocycles. The molecule has 0 spiro atoms. The summed E-state index contributed by atoms with van der Waals surface area (Å²) in [5.41, 5.74) is 9.35. The molecular weight excluding hydrogens is 466 g/mol. The summed E-state index contributed by atoms with van der Waals surface area (Å²) in [4.78, 5) is 17.0. The van der Waals surface area contributed by atoms with Crippen LogP contribution >= 0.6 is 11.3 Å². The maximum absolute atomic E-state index is 4.66. The fourth-order valence-corrected chi connectivity index (χ4v) is 4.77. The summed E-state index contributed by atoms with van der Waals surface area (Å²) in [5, 5.41) is 17.4. The fourth-order valence-electron chi connectivity index (χ4n) is 4.12. The van der Waals surface area contributed by atoms with E-state index in [0.29, 0.717) is 0 Å². The van der Waals surface area contributed by atoms with E-state index < -0.39 is 0 Å². The molecule has 6 heterocycles. The van der Waals surface area contributed by atoms with E-state index in [4.69, 9.17) is 0 Å². The summed E-state index contributed by atoms with van der Waals surface area (Å²) in [7, 11) is 0. The molecule has 6 rings (SSSR count). The molecule has 6 aromatic rings. The van der Waals surface area contributed by atoms with Gasteiger partial charge in [-0.15, -0.1) is 0 Å². The standard InChI is InChI=1S/C28H25N7S/c1-16(28(2,3)4)32-19-7-18(10-29-11-19)23-9-21-26(14-31-23)34-35-27(21)24-8-20-22(17-5-6-36-15-17)12-30-13-25(20)33-24/h5-15,32-33H,1H2,2-4H3,(H,34,35). The highest BCUT2D eigenvalue weighted by Gasteiger charge is 2.17. The summed E-state index contributed by atoms with van der Waals surface area (Å²) in [6, 6.07) is 8.35. The maximum Gasteiger partial charge on any atom is 0.116 e. The molecular formula is C28H25N7S. The van der Waals surface area contributed by atoms with Gasteiger partial charge in [0.05, 0.1) is 46.7 Å². The Labute approximate surface area is 212 Å². The number of anilines is 1. The number of H-pyrrole nitrogens is 2. The number of rotatable bonds is 5. The Balaban J connectivity index is 1.40. The number of pyridine rings is 3. The average Bonchev–Trinajstić information content (AvgIpc) is 3.62. The number of aromatic amines is 2. The largest absolute Gasteiger partial charge is 0.358 e. The van der Waals surface area contributed by atoms with Crippen molar-refractivity contribution >= 4 is 38.8 Å². The van der Waals surface area contributed by atoms with Gasteiger partial charge in [0.15, 0.2) is 0 Å². The zero-order chi connectivity index (χ0) is 24.9. The third-order valence-corrected chi connectivity index (χ3v) is 7.00. The highest BCUT2D eigenvalue weighted by Crippen LogP contribution is 2.35. The minimum Gasteiger partial charge on any atom is -0.358 e. The van der Waals surface area contributed by atoms with Gasteiger partial charge < -0.3 is 10.3 Å². The first kappa shape index (κ1) is 22.2. The lowest BCUT2D eigenvalue weighted by Gasteiger charge is -2.23. The molecule has 0 fully saturated rings. The van der Waals surface area contributed by atoms with E-state index in [2.05, 4.69) is 91.8 Å². The number of hydrogen-bond donors (Lipinski definition) is 3. The van der Waals surface area contributed by atoms with Crippen molar-refractivity contribution in [2.24, 2.45) is 5.41 Å². The zero-order valence-electron chi connectivity index (χ0n) is 20.3. The van der Waals surface area contributed by atoms with E-state index in [9.17, 15) is 0 Å². The van der Waals surface area contributed by atoms with Crippen LogP contribution in [0.15, 0.2) is 78.3 Å². The van der Waals surface area contributed by atoms with Gasteiger partial charge >= 0.3 is 0 Å². The number of allylic oxidation sites excluding steroid dienone is 1. The van der Waals surface area contributed by atoms with Gasteiger partial charge in [-0.05, 0) is 40.6 Å². The van der Waals surface area contributed by atoms with Crippen LogP contribution in [0, 0.1) is 5.41 Å². The highest BCUT2D eigenvalue weighted by atomic mass is 32.1. The molecule has 7 nitrogen and oxygen atoms in total. The molecule has 6 aromatic heterocycles. The van der Waals surface area contributed by atoms with Crippen molar-refractivity contribution in [3.05, 3.63) is 78.3 Å². The van der Waals surface area contributed by atoms with Gasteiger partial charge in [0.2, 0.25) is 0 Å². The third-order valence-electron chi connectivity index (χ3n) is 6.31. The molecule has 3 N–H and O–H groups in total. The van der Waals surface area contributed by atoms with Crippen molar-refractivity contribution in [2.75, 3.05) is 5.32 Å². The molecule has 0 unspecified atom stereocenters. The van der Waals surface area contributed by atoms with Crippen LogP contribution in [0.3, 0.4) is 0 Å². The van der Waals surface area contributed by atoms with Crippen LogP contribution in [-0.4, -0.2) is 30.1 Å². The second-order valence-electron chi connectivity index (χ2n) is 9.85. The molecule has 0 aliphatic carbocycles. The molecule has 178 valence electrons. The van der Waals surface area contributed by atoms with Gasteiger partial charge in [-0.2, -0.15) is 16.4 Å². The molecule has 0 amide bonds. The van der Waals surface area contributed by atoms with E-state index in [1.165, 1.54) is 0 Å². The van der Waals surface area contributed by atoms with E-state index in [1.54, 1.807) is 17.5 Å². The molecule has 0 bridgehead atoms. The number of thiophene rings is 1. The van der Waals surface area contributed by atoms with E-state index in [0.717, 1.165) is 67.0 Å². The molecule has 36 heavy (non-hydrogen) atoms. The predicted molar refractivity (Wildman–Crippen MR) is 148 cm³/mol. The first-order valence-corrected chi connectivity index (χ1v) is 12.6. The lowest BCUT2D eigenvalue weighted by atomic mass is 9.93. The maximum atomic E-state index is 4.66. The summed E-state index contributed by atoms with van der Waals surface area (Å²) < 4.78 is 0. The predicted octanol–water partition coefficient (Wildman–Crippen LogP) is 7.26. The summed E-state index contributed by atoms with van der Waals surface area (Å²) in [5.74, 6) is 0. The molecule has 0 aliphatic rings. The molecule has 0 saturated heterocycles. The van der Waals surface area contributed by atoms with Gasteiger partial charge in [0, 0.05) is 45.4 Å². The third kappa shape index (κ3) is 3.95. The smallest absolute Gasteiger partial charge is 0.116 e. The topological polar surface area (TPSA) is 95.2 Å². The van der Waals surface area contributed by atoms with Gasteiger partial charge in [-0.1, -0.05) is 27.4 Å². The van der Waals surface area contributed by atoms with Crippen LogP contribution in [-0.2, 0) is 0 Å². The summed E-state index contributed by atoms with van der Waals surface area (Å²) in [6.45, 7) is 10.5. The summed E-state index contributed by atoms with van der Waals surface area (Å²) >= 11 is 1.68. The molecule has 0 aromatic carbocycles. The number of fused-ring (bicyclic) bond motifs is 2. The van der Waals surface area contributed by atoms with Gasteiger partial charge in [-0.3, -0.25) is 20.1 Å². The Morgan fingerprint density at radius 1 is 0.944 bits per heavy atom. The van der Waals surface area contributed by atoms with Crippen LogP contribution in [0.2, 0.25) is 0 Å². The molecule has 0 saturated carbocycles. The van der Waals surface area contributed by atoms with Crippen LogP contribution in [0.4, 0.5) is 5.69 Å². The quantitative estimate of drug-likeness (QED) is 0.236. The number of nitrogens with zero attached hydrogens (tertiary/aromatic N) is 4. The van der Waals surface area contributed by atoms with Crippen molar-refractivity contribution in [3.63, 3.8) is 0 Å². The Hall–Kier alpha value is -4.30. The van der Waals surface area contributed by atoms with E-state index in [-0.39, 0.29) is 5.41 Å². The van der Waals surface area contributed by atoms with Gasteiger partial charge in [0.1, 0.15) is 5.69 Å². The number of hydrogen-bond acceptors (Lipinski definition) is 6. The Bertz CT molecular complexity index is 1720. The number of aromatic nitrogens is 6. The fraction of sp³-hybridized carbons (Fsp3) is 0.143. The SMILES string of the molecule is C=C(Nc1cncc(-c2cc3c(-c4cc5c(-c6ccsc6)cncc5[nH]4)n[nH]c3cn2)c1)C(C)(C)C. The first-order valence-electron chi connectivity index (χ1n) is 11.6.